The number of aliphatic carboxylic acids is 2. The van der Waals surface area contributed by atoms with Crippen molar-refractivity contribution < 1.29 is 48.3 Å². The molecule has 3 atom stereocenters. The minimum absolute atomic E-state index is 0.00474. The number of carboxylic acids is 2. The minimum Gasteiger partial charge on any atom is -0.543 e. The van der Waals surface area contributed by atoms with E-state index in [0.29, 0.717) is 16.7 Å². The number of carboxylic acid groups (broad SMARTS) is 2. The van der Waals surface area contributed by atoms with E-state index in [1.54, 1.807) is 23.8 Å². The van der Waals surface area contributed by atoms with E-state index < -0.39 is 53.1 Å². The number of β-lactam (4-membered cyclic amide) rings is 1. The van der Waals surface area contributed by atoms with Crippen molar-refractivity contribution in [2.45, 2.75) is 56.8 Å². The van der Waals surface area contributed by atoms with Gasteiger partial charge in [-0.05, 0) is 56.9 Å². The maximum Gasteiger partial charge on any atom is 0.415 e. The van der Waals surface area contributed by atoms with Gasteiger partial charge in [0.05, 0.1) is 24.5 Å². The number of carbonyl (C=O) groups excluding carboxylic acids is 4. The van der Waals surface area contributed by atoms with Crippen molar-refractivity contribution in [3.63, 3.8) is 0 Å². The molecule has 6 rings (SSSR count). The summed E-state index contributed by atoms with van der Waals surface area (Å²) in [5, 5.41) is 33.2. The summed E-state index contributed by atoms with van der Waals surface area (Å²) in [5.74, 6) is -4.22. The number of thioether (sulfide) groups is 1. The molecule has 2 saturated heterocycles. The van der Waals surface area contributed by atoms with Crippen LogP contribution >= 0.6 is 34.7 Å². The first-order chi connectivity index (χ1) is 24.9. The van der Waals surface area contributed by atoms with Crippen molar-refractivity contribution in [1.82, 2.24) is 30.1 Å². The number of nitrogens with zero attached hydrogens (tertiary/aromatic N) is 6. The highest BCUT2D eigenvalue weighted by Gasteiger charge is 2.53. The number of amides is 3. The molecule has 0 aromatic carbocycles. The number of hydrogen-bond acceptors (Lipinski definition) is 15. The Morgan fingerprint density at radius 2 is 2.04 bits per heavy atom. The van der Waals surface area contributed by atoms with Crippen molar-refractivity contribution >= 4 is 92.5 Å². The molecule has 2 fully saturated rings. The van der Waals surface area contributed by atoms with Gasteiger partial charge < -0.3 is 40.9 Å². The summed E-state index contributed by atoms with van der Waals surface area (Å²) in [6, 6.07) is 2.48. The van der Waals surface area contributed by atoms with Gasteiger partial charge in [-0.25, -0.2) is 24.5 Å². The van der Waals surface area contributed by atoms with E-state index in [2.05, 4.69) is 26.1 Å². The lowest BCUT2D eigenvalue weighted by Crippen LogP contribution is -2.71. The van der Waals surface area contributed by atoms with Crippen molar-refractivity contribution in [3.8, 4) is 0 Å². The largest absolute Gasteiger partial charge is 0.543 e. The van der Waals surface area contributed by atoms with E-state index in [0.717, 1.165) is 42.2 Å². The molecule has 276 valence electrons. The van der Waals surface area contributed by atoms with Crippen LogP contribution in [0, 0.1) is 0 Å². The van der Waals surface area contributed by atoms with Crippen molar-refractivity contribution in [2.24, 2.45) is 5.16 Å². The molecule has 0 spiro atoms. The van der Waals surface area contributed by atoms with Gasteiger partial charge in [0.25, 0.3) is 11.8 Å². The summed E-state index contributed by atoms with van der Waals surface area (Å²) in [7, 11) is 0. The first-order valence-electron chi connectivity index (χ1n) is 16.0. The fourth-order valence-electron chi connectivity index (χ4n) is 6.06. The molecule has 0 aliphatic carbocycles. The zero-order chi connectivity index (χ0) is 37.3. The zero-order valence-electron chi connectivity index (χ0n) is 27.7. The molecule has 3 amide bonds. The topological polar surface area (TPSA) is 259 Å². The van der Waals surface area contributed by atoms with Crippen LogP contribution in [0.5, 0.6) is 0 Å². The smallest absolute Gasteiger partial charge is 0.415 e. The number of nitrogens with one attached hydrogen (secondary N) is 3. The van der Waals surface area contributed by atoms with E-state index in [4.69, 9.17) is 31.9 Å². The monoisotopic (exact) mass is 776 g/mol. The number of anilines is 2. The van der Waals surface area contributed by atoms with E-state index in [1.807, 2.05) is 10.6 Å². The number of piperidine rings is 1. The van der Waals surface area contributed by atoms with Crippen LogP contribution in [0.4, 0.5) is 15.9 Å². The van der Waals surface area contributed by atoms with Gasteiger partial charge in [-0.2, -0.15) is 0 Å². The summed E-state index contributed by atoms with van der Waals surface area (Å²) in [4.78, 5) is 78.0. The number of imidazole rings is 1. The first kappa shape index (κ1) is 36.8. The summed E-state index contributed by atoms with van der Waals surface area (Å²) in [6.45, 7) is 4.62. The van der Waals surface area contributed by atoms with E-state index in [-0.39, 0.29) is 51.8 Å². The number of carbonyl (C=O) groups is 5. The molecule has 6 heterocycles. The number of rotatable bonds is 12. The Hall–Kier alpha value is -4.99. The van der Waals surface area contributed by atoms with Crippen molar-refractivity contribution in [2.75, 3.05) is 36.5 Å². The number of aromatic nitrogens is 4. The average Bonchev–Trinajstić information content (AvgIpc) is 3.65. The third-order valence-electron chi connectivity index (χ3n) is 8.46. The van der Waals surface area contributed by atoms with Gasteiger partial charge in [0.2, 0.25) is 6.10 Å². The maximum atomic E-state index is 13.5. The summed E-state index contributed by atoms with van der Waals surface area (Å²) < 4.78 is 8.75. The van der Waals surface area contributed by atoms with Gasteiger partial charge in [-0.15, -0.1) is 11.8 Å². The molecule has 3 aliphatic heterocycles. The fourth-order valence-corrected chi connectivity index (χ4v) is 8.32. The molecule has 22 heteroatoms. The Kier molecular flexibility index (Phi) is 10.8. The van der Waals surface area contributed by atoms with Crippen LogP contribution < -0.4 is 31.4 Å². The highest BCUT2D eigenvalue weighted by molar-refractivity contribution is 8.00. The number of hydrogen-bond donors (Lipinski definition) is 5. The second-order valence-corrected chi connectivity index (χ2v) is 14.5. The molecule has 0 bridgehead atoms. The lowest BCUT2D eigenvalue weighted by Gasteiger charge is -2.50. The SMILES string of the molecule is CCOC(=O)Nc1nc2c(ccc[n+]2CC2=C(C(=O)[O-])N3C(=O)C(NC(=O)/C(=N\O[C@@H](C)C(=O)O)c4nc(N)sc4Cl)C3SC2)n1C1CCNCC1. The number of nitrogen functional groups attached to an aromatic ring is 1. The van der Waals surface area contributed by atoms with Crippen molar-refractivity contribution in [3.05, 3.63) is 39.6 Å². The normalized spacial score (nSPS) is 19.9. The van der Waals surface area contributed by atoms with Gasteiger partial charge in [-0.1, -0.05) is 28.1 Å². The Labute approximate surface area is 308 Å². The van der Waals surface area contributed by atoms with Gasteiger partial charge in [0.15, 0.2) is 10.8 Å². The Balaban J connectivity index is 1.27. The van der Waals surface area contributed by atoms with E-state index in [9.17, 15) is 34.2 Å². The Morgan fingerprint density at radius 1 is 1.29 bits per heavy atom. The lowest BCUT2D eigenvalue weighted by molar-refractivity contribution is -0.664. The summed E-state index contributed by atoms with van der Waals surface area (Å²) in [5.41, 5.74) is 6.21. The van der Waals surface area contributed by atoms with Crippen LogP contribution in [0.25, 0.3) is 11.2 Å². The number of oxime groups is 1. The van der Waals surface area contributed by atoms with Crippen LogP contribution in [-0.2, 0) is 35.3 Å². The first-order valence-corrected chi connectivity index (χ1v) is 18.3. The predicted octanol–water partition coefficient (Wildman–Crippen LogP) is -0.193. The summed E-state index contributed by atoms with van der Waals surface area (Å²) >= 11 is 8.25. The second-order valence-electron chi connectivity index (χ2n) is 11.8. The molecule has 3 aromatic heterocycles. The highest BCUT2D eigenvalue weighted by atomic mass is 35.5. The average molecular weight is 777 g/mol. The Morgan fingerprint density at radius 3 is 2.69 bits per heavy atom. The third-order valence-corrected chi connectivity index (χ3v) is 10.9. The van der Waals surface area contributed by atoms with Crippen LogP contribution in [-0.4, -0.2) is 103 Å². The molecule has 0 saturated carbocycles. The van der Waals surface area contributed by atoms with Gasteiger partial charge in [-0.3, -0.25) is 19.1 Å². The van der Waals surface area contributed by atoms with Crippen LogP contribution in [0.2, 0.25) is 4.34 Å². The molecule has 2 unspecified atom stereocenters. The molecule has 3 aliphatic rings. The quantitative estimate of drug-likeness (QED) is 0.0692. The molecule has 19 nitrogen and oxygen atoms in total. The standard InChI is InChI=1S/C30H33ClN10O9S2/c1-3-49-30(48)37-29-36-22-16(40(29)15-6-8-33-9-7-15)5-4-10-39(22)11-14-12-51-25-19(24(43)41(25)20(14)27(46)47)34-23(42)18(38-50-13(2)26(44)45)17-21(31)52-28(32)35-17/h4-5,10,13,15,19,25,33H,3,6-9,11-12H2,1-2H3,(H5,32,34,35,42,44,45,46,47)/b38-18-/t13-,19?,25?/m0/s1. The number of fused-ring (bicyclic) bond motifs is 2. The van der Waals surface area contributed by atoms with Gasteiger partial charge in [0, 0.05) is 17.4 Å². The number of thiazole rings is 1. The molecule has 6 N–H and O–H groups in total. The number of ether oxygens (including phenoxy) is 1. The molecular formula is C30H33ClN10O9S2. The minimum atomic E-state index is -1.58. The number of pyridine rings is 1. The van der Waals surface area contributed by atoms with Crippen molar-refractivity contribution in [1.29, 1.82) is 0 Å². The molecule has 0 radical (unpaired) electrons. The summed E-state index contributed by atoms with van der Waals surface area (Å²) in [6.07, 6.45) is 1.20. The number of halogens is 1. The molecular weight excluding hydrogens is 744 g/mol. The zero-order valence-corrected chi connectivity index (χ0v) is 30.0. The van der Waals surface area contributed by atoms with Gasteiger partial charge >= 0.3 is 23.7 Å². The lowest BCUT2D eigenvalue weighted by atomic mass is 10.0. The predicted molar refractivity (Wildman–Crippen MR) is 185 cm³/mol. The molecule has 3 aromatic rings. The number of nitrogens with two attached hydrogens (primary N) is 1. The highest BCUT2D eigenvalue weighted by Crippen LogP contribution is 2.40. The van der Waals surface area contributed by atoms with Crippen LogP contribution in [0.1, 0.15) is 38.4 Å². The second kappa shape index (κ2) is 15.3. The molecule has 52 heavy (non-hydrogen) atoms. The third kappa shape index (κ3) is 7.20. The van der Waals surface area contributed by atoms with Crippen LogP contribution in [0.15, 0.2) is 34.8 Å². The maximum absolute atomic E-state index is 13.5. The Bertz CT molecular complexity index is 2010. The van der Waals surface area contributed by atoms with E-state index >= 15 is 0 Å². The van der Waals surface area contributed by atoms with Gasteiger partial charge in [0.1, 0.15) is 33.5 Å². The van der Waals surface area contributed by atoms with E-state index in [1.165, 1.54) is 18.7 Å². The van der Waals surface area contributed by atoms with Crippen LogP contribution in [0.3, 0.4) is 0 Å². The fraction of sp³-hybridized carbons (Fsp3) is 0.433.